The van der Waals surface area contributed by atoms with Crippen LogP contribution in [0.3, 0.4) is 0 Å². The Balaban J connectivity index is 1.99. The zero-order valence-corrected chi connectivity index (χ0v) is 10.3. The predicted molar refractivity (Wildman–Crippen MR) is 62.4 cm³/mol. The van der Waals surface area contributed by atoms with Crippen LogP contribution in [0.2, 0.25) is 0 Å². The van der Waals surface area contributed by atoms with E-state index in [1.807, 2.05) is 0 Å². The second-order valence-corrected chi connectivity index (χ2v) is 5.22. The number of hydrogen-bond acceptors (Lipinski definition) is 4. The van der Waals surface area contributed by atoms with Gasteiger partial charge in [0.15, 0.2) is 0 Å². The molecule has 1 atom stereocenters. The maximum Gasteiger partial charge on any atom is 0.317 e. The van der Waals surface area contributed by atoms with Crippen molar-refractivity contribution in [3.05, 3.63) is 0 Å². The first kappa shape index (κ1) is 13.3. The van der Waals surface area contributed by atoms with E-state index in [1.54, 1.807) is 4.90 Å². The fraction of sp³-hybridized carbons (Fsp3) is 0.833. The molecule has 0 aromatic rings. The predicted octanol–water partition coefficient (Wildman–Crippen LogP) is 0.559. The molecule has 1 unspecified atom stereocenters. The van der Waals surface area contributed by atoms with E-state index < -0.39 is 11.9 Å². The van der Waals surface area contributed by atoms with E-state index in [0.29, 0.717) is 13.0 Å². The summed E-state index contributed by atoms with van der Waals surface area (Å²) >= 11 is 0. The highest BCUT2D eigenvalue weighted by atomic mass is 16.5. The van der Waals surface area contributed by atoms with Gasteiger partial charge >= 0.3 is 11.9 Å². The summed E-state index contributed by atoms with van der Waals surface area (Å²) in [4.78, 5) is 23.2. The molecule has 0 bridgehead atoms. The van der Waals surface area contributed by atoms with Crippen LogP contribution in [-0.2, 0) is 14.3 Å². The van der Waals surface area contributed by atoms with Gasteiger partial charge in [0.1, 0.15) is 0 Å². The van der Waals surface area contributed by atoms with Gasteiger partial charge in [0.25, 0.3) is 0 Å². The van der Waals surface area contributed by atoms with Crippen LogP contribution in [0, 0.1) is 0 Å². The molecule has 0 radical (unpaired) electrons. The molecule has 1 saturated heterocycles. The number of carboxylic acids is 2. The number of ether oxygens (including phenoxy) is 1. The van der Waals surface area contributed by atoms with Crippen molar-refractivity contribution in [3.63, 3.8) is 0 Å². The summed E-state index contributed by atoms with van der Waals surface area (Å²) in [7, 11) is 0. The van der Waals surface area contributed by atoms with E-state index in [9.17, 15) is 9.59 Å². The standard InChI is InChI=1S/C12H19NO5/c14-10(15)7-13(8-11(16)17)9-2-5-18-12(6-9)3-1-4-12/h9H,1-8H2,(H,14,15)(H,16,17). The molecule has 2 rings (SSSR count). The smallest absolute Gasteiger partial charge is 0.317 e. The third-order valence-corrected chi connectivity index (χ3v) is 3.92. The van der Waals surface area contributed by atoms with Gasteiger partial charge in [-0.3, -0.25) is 14.5 Å². The van der Waals surface area contributed by atoms with Gasteiger partial charge in [-0.05, 0) is 32.1 Å². The Hall–Kier alpha value is -1.14. The lowest BCUT2D eigenvalue weighted by atomic mass is 9.73. The molecule has 6 nitrogen and oxygen atoms in total. The van der Waals surface area contributed by atoms with Crippen molar-refractivity contribution in [2.75, 3.05) is 19.7 Å². The Bertz CT molecular complexity index is 323. The van der Waals surface area contributed by atoms with Crippen molar-refractivity contribution < 1.29 is 24.5 Å². The van der Waals surface area contributed by atoms with Crippen molar-refractivity contribution in [1.82, 2.24) is 4.90 Å². The summed E-state index contributed by atoms with van der Waals surface area (Å²) in [6, 6.07) is 0.00579. The van der Waals surface area contributed by atoms with Crippen molar-refractivity contribution in [3.8, 4) is 0 Å². The van der Waals surface area contributed by atoms with Crippen LogP contribution in [0.5, 0.6) is 0 Å². The minimum Gasteiger partial charge on any atom is -0.480 e. The SMILES string of the molecule is O=C(O)CN(CC(=O)O)C1CCOC2(CCC2)C1. The molecule has 0 aromatic heterocycles. The van der Waals surface area contributed by atoms with Gasteiger partial charge in [0, 0.05) is 12.6 Å². The van der Waals surface area contributed by atoms with Gasteiger partial charge in [0.05, 0.1) is 18.7 Å². The van der Waals surface area contributed by atoms with E-state index in [0.717, 1.165) is 25.7 Å². The molecule has 6 heteroatoms. The van der Waals surface area contributed by atoms with Gasteiger partial charge in [-0.15, -0.1) is 0 Å². The normalized spacial score (nSPS) is 25.9. The Morgan fingerprint density at radius 2 is 1.83 bits per heavy atom. The van der Waals surface area contributed by atoms with Crippen molar-refractivity contribution >= 4 is 11.9 Å². The van der Waals surface area contributed by atoms with Crippen molar-refractivity contribution in [1.29, 1.82) is 0 Å². The molecule has 102 valence electrons. The van der Waals surface area contributed by atoms with E-state index in [4.69, 9.17) is 14.9 Å². The number of carboxylic acid groups (broad SMARTS) is 2. The van der Waals surface area contributed by atoms with Gasteiger partial charge in [-0.25, -0.2) is 0 Å². The van der Waals surface area contributed by atoms with Crippen molar-refractivity contribution in [2.24, 2.45) is 0 Å². The maximum atomic E-state index is 10.8. The molecule has 0 aromatic carbocycles. The largest absolute Gasteiger partial charge is 0.480 e. The summed E-state index contributed by atoms with van der Waals surface area (Å²) in [5.41, 5.74) is -0.0990. The average molecular weight is 257 g/mol. The lowest BCUT2D eigenvalue weighted by Gasteiger charge is -2.49. The van der Waals surface area contributed by atoms with E-state index in [2.05, 4.69) is 0 Å². The van der Waals surface area contributed by atoms with Crippen LogP contribution in [0.15, 0.2) is 0 Å². The molecule has 1 spiro atoms. The zero-order chi connectivity index (χ0) is 13.2. The average Bonchev–Trinajstić information content (AvgIpc) is 2.25. The molecular weight excluding hydrogens is 238 g/mol. The van der Waals surface area contributed by atoms with Crippen LogP contribution in [-0.4, -0.2) is 58.4 Å². The molecule has 2 fully saturated rings. The first-order chi connectivity index (χ1) is 8.51. The number of rotatable bonds is 5. The Kier molecular flexibility index (Phi) is 3.87. The molecule has 1 saturated carbocycles. The lowest BCUT2D eigenvalue weighted by Crippen LogP contribution is -2.53. The Morgan fingerprint density at radius 3 is 2.28 bits per heavy atom. The summed E-state index contributed by atoms with van der Waals surface area (Å²) in [5, 5.41) is 17.7. The highest BCUT2D eigenvalue weighted by Gasteiger charge is 2.44. The molecule has 18 heavy (non-hydrogen) atoms. The first-order valence-electron chi connectivity index (χ1n) is 6.32. The minimum absolute atomic E-state index is 0.00579. The van der Waals surface area contributed by atoms with Gasteiger partial charge in [-0.2, -0.15) is 0 Å². The van der Waals surface area contributed by atoms with Crippen LogP contribution < -0.4 is 0 Å². The quantitative estimate of drug-likeness (QED) is 0.748. The second kappa shape index (κ2) is 5.24. The molecule has 0 amide bonds. The van der Waals surface area contributed by atoms with Crippen LogP contribution >= 0.6 is 0 Å². The topological polar surface area (TPSA) is 87.1 Å². The molecule has 1 aliphatic carbocycles. The molecule has 1 aliphatic heterocycles. The van der Waals surface area contributed by atoms with Crippen LogP contribution in [0.1, 0.15) is 32.1 Å². The Labute approximate surface area is 106 Å². The highest BCUT2D eigenvalue weighted by Crippen LogP contribution is 2.43. The zero-order valence-electron chi connectivity index (χ0n) is 10.3. The monoisotopic (exact) mass is 257 g/mol. The lowest BCUT2D eigenvalue weighted by molar-refractivity contribution is -0.159. The number of hydrogen-bond donors (Lipinski definition) is 2. The fourth-order valence-corrected chi connectivity index (χ4v) is 2.89. The number of nitrogens with zero attached hydrogens (tertiary/aromatic N) is 1. The highest BCUT2D eigenvalue weighted by molar-refractivity contribution is 5.72. The van der Waals surface area contributed by atoms with E-state index in [1.165, 1.54) is 0 Å². The second-order valence-electron chi connectivity index (χ2n) is 5.22. The summed E-state index contributed by atoms with van der Waals surface area (Å²) in [6.07, 6.45) is 4.63. The molecule has 1 heterocycles. The third-order valence-electron chi connectivity index (χ3n) is 3.92. The molecular formula is C12H19NO5. The van der Waals surface area contributed by atoms with Gasteiger partial charge < -0.3 is 14.9 Å². The van der Waals surface area contributed by atoms with Crippen LogP contribution in [0.4, 0.5) is 0 Å². The Morgan fingerprint density at radius 1 is 1.22 bits per heavy atom. The van der Waals surface area contributed by atoms with E-state index >= 15 is 0 Å². The first-order valence-corrected chi connectivity index (χ1v) is 6.32. The summed E-state index contributed by atoms with van der Waals surface area (Å²) < 4.78 is 5.77. The van der Waals surface area contributed by atoms with Gasteiger partial charge in [0.2, 0.25) is 0 Å². The molecule has 2 aliphatic rings. The minimum atomic E-state index is -0.981. The van der Waals surface area contributed by atoms with Gasteiger partial charge in [-0.1, -0.05) is 0 Å². The summed E-state index contributed by atoms with van der Waals surface area (Å²) in [6.45, 7) is 0.167. The number of carbonyl (C=O) groups is 2. The van der Waals surface area contributed by atoms with Crippen LogP contribution in [0.25, 0.3) is 0 Å². The van der Waals surface area contributed by atoms with E-state index in [-0.39, 0.29) is 24.7 Å². The third kappa shape index (κ3) is 3.00. The molecule has 2 N–H and O–H groups in total. The summed E-state index contributed by atoms with van der Waals surface area (Å²) in [5.74, 6) is -1.96. The number of aliphatic carboxylic acids is 2. The fourth-order valence-electron chi connectivity index (χ4n) is 2.89. The maximum absolute atomic E-state index is 10.8. The van der Waals surface area contributed by atoms with Crippen molar-refractivity contribution in [2.45, 2.75) is 43.7 Å².